The molecule has 0 radical (unpaired) electrons. The third kappa shape index (κ3) is 7.38. The van der Waals surface area contributed by atoms with Gasteiger partial charge in [0.15, 0.2) is 0 Å². The monoisotopic (exact) mass is 241 g/mol. The highest BCUT2D eigenvalue weighted by atomic mass is 16.5. The second-order valence-corrected chi connectivity index (χ2v) is 4.14. The van der Waals surface area contributed by atoms with Gasteiger partial charge in [-0.3, -0.25) is 14.8 Å². The summed E-state index contributed by atoms with van der Waals surface area (Å²) in [6.07, 6.45) is 0.296. The number of hydrogen-bond donors (Lipinski definition) is 1. The van der Waals surface area contributed by atoms with Crippen molar-refractivity contribution in [2.45, 2.75) is 52.6 Å². The van der Waals surface area contributed by atoms with Gasteiger partial charge in [0.05, 0.1) is 18.1 Å². The third-order valence-electron chi connectivity index (χ3n) is 1.66. The van der Waals surface area contributed by atoms with Gasteiger partial charge in [-0.2, -0.15) is 5.06 Å². The molecule has 0 spiro atoms. The van der Waals surface area contributed by atoms with Crippen LogP contribution < -0.4 is 0 Å². The Morgan fingerprint density at radius 3 is 1.59 bits per heavy atom. The zero-order chi connectivity index (χ0) is 13.4. The smallest absolute Gasteiger partial charge is 0.253 e. The molecule has 0 aromatic heterocycles. The summed E-state index contributed by atoms with van der Waals surface area (Å²) < 4.78 is 0. The Labute approximate surface area is 101 Å². The van der Waals surface area contributed by atoms with E-state index >= 15 is 0 Å². The van der Waals surface area contributed by atoms with Crippen LogP contribution in [0, 0.1) is 0 Å². The Kier molecular flexibility index (Phi) is 7.02. The van der Waals surface area contributed by atoms with Gasteiger partial charge in [0, 0.05) is 12.8 Å². The number of hydroxylamine groups is 2. The van der Waals surface area contributed by atoms with Crippen molar-refractivity contribution < 1.29 is 14.8 Å². The lowest BCUT2D eigenvalue weighted by Gasteiger charge is -1.98. The average molecular weight is 241 g/mol. The third-order valence-corrected chi connectivity index (χ3v) is 1.66. The normalized spacial score (nSPS) is 14.6. The van der Waals surface area contributed by atoms with Crippen molar-refractivity contribution in [1.82, 2.24) is 5.06 Å². The van der Waals surface area contributed by atoms with Crippen molar-refractivity contribution in [3.8, 4) is 0 Å². The number of rotatable bonds is 2. The molecule has 0 saturated carbocycles. The molecule has 17 heavy (non-hydrogen) atoms. The Bertz CT molecular complexity index is 303. The fourth-order valence-corrected chi connectivity index (χ4v) is 0.829. The van der Waals surface area contributed by atoms with E-state index in [0.29, 0.717) is 12.1 Å². The maximum Gasteiger partial charge on any atom is 0.253 e. The number of amides is 2. The summed E-state index contributed by atoms with van der Waals surface area (Å²) in [5, 5.41) is 8.57. The van der Waals surface area contributed by atoms with Crippen LogP contribution in [0.2, 0.25) is 0 Å². The number of hydrogen-bond acceptors (Lipinski definition) is 5. The first-order valence-electron chi connectivity index (χ1n) is 5.54. The van der Waals surface area contributed by atoms with E-state index in [2.05, 4.69) is 16.0 Å². The molecule has 1 rings (SSSR count). The van der Waals surface area contributed by atoms with Crippen LogP contribution in [0.4, 0.5) is 0 Å². The lowest BCUT2D eigenvalue weighted by atomic mass is 10.4. The van der Waals surface area contributed by atoms with E-state index < -0.39 is 11.8 Å². The average Bonchev–Trinajstić information content (AvgIpc) is 2.49. The SMILES string of the molecule is CC(C)N=C=NC(C)C.O=C1CCC(=O)N1O. The minimum Gasteiger partial charge on any atom is -0.279 e. The van der Waals surface area contributed by atoms with Crippen molar-refractivity contribution in [3.63, 3.8) is 0 Å². The van der Waals surface area contributed by atoms with Crippen LogP contribution in [0.25, 0.3) is 0 Å². The van der Waals surface area contributed by atoms with Gasteiger partial charge in [0.2, 0.25) is 0 Å². The first-order chi connectivity index (χ1) is 7.84. The molecule has 2 amide bonds. The minimum atomic E-state index is -0.505. The van der Waals surface area contributed by atoms with Crippen LogP contribution in [0.5, 0.6) is 0 Å². The predicted octanol–water partition coefficient (Wildman–Crippen LogP) is 1.50. The first kappa shape index (κ1) is 15.5. The topological polar surface area (TPSA) is 82.3 Å². The summed E-state index contributed by atoms with van der Waals surface area (Å²) >= 11 is 0. The second-order valence-electron chi connectivity index (χ2n) is 4.14. The van der Waals surface area contributed by atoms with Crippen LogP contribution in [-0.2, 0) is 9.59 Å². The van der Waals surface area contributed by atoms with Gasteiger partial charge in [0.25, 0.3) is 11.8 Å². The molecular weight excluding hydrogens is 222 g/mol. The summed E-state index contributed by atoms with van der Waals surface area (Å²) in [7, 11) is 0. The van der Waals surface area contributed by atoms with Crippen LogP contribution in [0.1, 0.15) is 40.5 Å². The van der Waals surface area contributed by atoms with Gasteiger partial charge in [-0.1, -0.05) is 0 Å². The number of aliphatic imine (C=N–C) groups is 2. The number of nitrogens with zero attached hydrogens (tertiary/aromatic N) is 3. The van der Waals surface area contributed by atoms with Crippen molar-refractivity contribution in [2.75, 3.05) is 0 Å². The number of carbonyl (C=O) groups excluding carboxylic acids is 2. The highest BCUT2D eigenvalue weighted by molar-refractivity contribution is 6.00. The lowest BCUT2D eigenvalue weighted by molar-refractivity contribution is -0.171. The Morgan fingerprint density at radius 1 is 1.06 bits per heavy atom. The van der Waals surface area contributed by atoms with Crippen LogP contribution >= 0.6 is 0 Å². The molecule has 0 aromatic carbocycles. The van der Waals surface area contributed by atoms with Crippen LogP contribution in [-0.4, -0.2) is 40.2 Å². The number of carbonyl (C=O) groups is 2. The zero-order valence-electron chi connectivity index (χ0n) is 10.7. The van der Waals surface area contributed by atoms with E-state index in [1.54, 1.807) is 0 Å². The van der Waals surface area contributed by atoms with Crippen molar-refractivity contribution in [3.05, 3.63) is 0 Å². The molecule has 6 heteroatoms. The molecule has 96 valence electrons. The van der Waals surface area contributed by atoms with E-state index in [4.69, 9.17) is 5.21 Å². The molecule has 0 atom stereocenters. The van der Waals surface area contributed by atoms with Crippen LogP contribution in [0.3, 0.4) is 0 Å². The molecule has 1 aliphatic rings. The molecule has 6 nitrogen and oxygen atoms in total. The van der Waals surface area contributed by atoms with Crippen molar-refractivity contribution in [1.29, 1.82) is 0 Å². The van der Waals surface area contributed by atoms with E-state index in [0.717, 1.165) is 0 Å². The maximum atomic E-state index is 10.2. The van der Waals surface area contributed by atoms with Gasteiger partial charge in [-0.05, 0) is 27.7 Å². The van der Waals surface area contributed by atoms with Crippen molar-refractivity contribution >= 4 is 17.8 Å². The van der Waals surface area contributed by atoms with Gasteiger partial charge in [0.1, 0.15) is 0 Å². The highest BCUT2D eigenvalue weighted by Crippen LogP contribution is 2.07. The molecule has 1 saturated heterocycles. The van der Waals surface area contributed by atoms with Crippen LogP contribution in [0.15, 0.2) is 9.98 Å². The molecule has 1 aliphatic heterocycles. The fourth-order valence-electron chi connectivity index (χ4n) is 0.829. The largest absolute Gasteiger partial charge is 0.279 e. The molecule has 0 aliphatic carbocycles. The molecule has 0 bridgehead atoms. The molecule has 1 heterocycles. The fraction of sp³-hybridized carbons (Fsp3) is 0.727. The molecule has 1 fully saturated rings. The van der Waals surface area contributed by atoms with E-state index in [1.165, 1.54) is 0 Å². The Balaban J connectivity index is 0.000000302. The van der Waals surface area contributed by atoms with Crippen molar-refractivity contribution in [2.24, 2.45) is 9.98 Å². The summed E-state index contributed by atoms with van der Waals surface area (Å²) in [6.45, 7) is 8.01. The lowest BCUT2D eigenvalue weighted by Crippen LogP contribution is -2.24. The summed E-state index contributed by atoms with van der Waals surface area (Å²) in [5.41, 5.74) is 0. The molecule has 0 aromatic rings. The standard InChI is InChI=1S/C7H14N2.C4H5NO3/c1-6(2)8-5-9-7(3)4;6-3-1-2-4(7)5(3)8/h6-7H,1-4H3;8H,1-2H2. The Morgan fingerprint density at radius 2 is 1.41 bits per heavy atom. The summed E-state index contributed by atoms with van der Waals surface area (Å²) in [5.74, 6) is -1.01. The quantitative estimate of drug-likeness (QED) is 0.452. The van der Waals surface area contributed by atoms with E-state index in [1.807, 2.05) is 27.7 Å². The predicted molar refractivity (Wildman–Crippen MR) is 63.0 cm³/mol. The van der Waals surface area contributed by atoms with E-state index in [-0.39, 0.29) is 17.9 Å². The zero-order valence-corrected chi connectivity index (χ0v) is 10.7. The molecule has 1 N–H and O–H groups in total. The highest BCUT2D eigenvalue weighted by Gasteiger charge is 2.26. The minimum absolute atomic E-state index is 0.148. The second kappa shape index (κ2) is 7.70. The first-order valence-corrected chi connectivity index (χ1v) is 5.54. The molecule has 0 unspecified atom stereocenters. The maximum absolute atomic E-state index is 10.2. The van der Waals surface area contributed by atoms with Gasteiger partial charge in [-0.15, -0.1) is 0 Å². The van der Waals surface area contributed by atoms with E-state index in [9.17, 15) is 9.59 Å². The van der Waals surface area contributed by atoms with Gasteiger partial charge in [-0.25, -0.2) is 9.98 Å². The Hall–Kier alpha value is -1.52. The molecular formula is C11H19N3O3. The van der Waals surface area contributed by atoms with Gasteiger partial charge >= 0.3 is 0 Å². The summed E-state index contributed by atoms with van der Waals surface area (Å²) in [4.78, 5) is 28.4. The van der Waals surface area contributed by atoms with Gasteiger partial charge < -0.3 is 0 Å². The number of imide groups is 1. The summed E-state index contributed by atoms with van der Waals surface area (Å²) in [6, 6.07) is 3.26.